The highest BCUT2D eigenvalue weighted by Gasteiger charge is 2.43. The van der Waals surface area contributed by atoms with Crippen LogP contribution in [0.5, 0.6) is 0 Å². The first-order valence-electron chi connectivity index (χ1n) is 22.7. The van der Waals surface area contributed by atoms with Crippen LogP contribution in [0, 0.1) is 20.8 Å². The van der Waals surface area contributed by atoms with Crippen molar-refractivity contribution in [2.24, 2.45) is 0 Å². The number of anilines is 6. The quantitative estimate of drug-likeness (QED) is 0.0707. The van der Waals surface area contributed by atoms with Gasteiger partial charge in [0.25, 0.3) is 0 Å². The Bertz CT molecular complexity index is 1980. The molecule has 0 bridgehead atoms. The first-order valence-corrected chi connectivity index (χ1v) is 23.5. The molecule has 0 spiro atoms. The molecular weight excluding hydrogens is 781 g/mol. The van der Waals surface area contributed by atoms with E-state index in [1.807, 2.05) is 0 Å². The Balaban J connectivity index is 1.39. The van der Waals surface area contributed by atoms with Crippen LogP contribution in [-0.2, 0) is 5.41 Å². The van der Waals surface area contributed by atoms with Gasteiger partial charge in [-0.25, -0.2) is 0 Å². The molecule has 59 heavy (non-hydrogen) atoms. The molecule has 0 radical (unpaired) electrons. The molecule has 0 amide bonds. The van der Waals surface area contributed by atoms with Crippen LogP contribution < -0.4 is 9.80 Å². The Morgan fingerprint density at radius 3 is 1.03 bits per heavy atom. The minimum atomic E-state index is -0.0862. The smallest absolute Gasteiger partial charge is 0.0465 e. The minimum Gasteiger partial charge on any atom is -0.310 e. The SMILES string of the molecule is CCCCCCCCC1(CCCCCCCC)c2cc(N(c3ccc(C)cc3)c3ccc(C)cc3)ccc2-c2ccc(N(c3ccc(C)cc3)c3ccc(Br)cc3)cc21. The molecule has 0 N–H and O–H groups in total. The summed E-state index contributed by atoms with van der Waals surface area (Å²) < 4.78 is 1.09. The lowest BCUT2D eigenvalue weighted by Crippen LogP contribution is -2.26. The number of aryl methyl sites for hydroxylation is 3. The lowest BCUT2D eigenvalue weighted by Gasteiger charge is -2.35. The Kier molecular flexibility index (Phi) is 14.5. The van der Waals surface area contributed by atoms with Crippen LogP contribution in [0.25, 0.3) is 11.1 Å². The molecule has 6 aromatic carbocycles. The second-order valence-corrected chi connectivity index (χ2v) is 18.1. The van der Waals surface area contributed by atoms with E-state index in [-0.39, 0.29) is 5.41 Å². The van der Waals surface area contributed by atoms with Crippen LogP contribution in [-0.4, -0.2) is 0 Å². The van der Waals surface area contributed by atoms with Crippen LogP contribution in [0.2, 0.25) is 0 Å². The van der Waals surface area contributed by atoms with Crippen molar-refractivity contribution in [3.63, 3.8) is 0 Å². The third-order valence-corrected chi connectivity index (χ3v) is 13.2. The van der Waals surface area contributed by atoms with Gasteiger partial charge in [-0.2, -0.15) is 0 Å². The Hall–Kier alpha value is -4.60. The molecule has 6 aromatic rings. The summed E-state index contributed by atoms with van der Waals surface area (Å²) in [6.07, 6.45) is 17.9. The molecule has 0 aromatic heterocycles. The molecule has 0 aliphatic heterocycles. The molecule has 0 atom stereocenters. The summed E-state index contributed by atoms with van der Waals surface area (Å²) >= 11 is 3.71. The van der Waals surface area contributed by atoms with Crippen molar-refractivity contribution >= 4 is 50.1 Å². The van der Waals surface area contributed by atoms with Gasteiger partial charge in [0.2, 0.25) is 0 Å². The fraction of sp³-hybridized carbons (Fsp3) is 0.357. The van der Waals surface area contributed by atoms with E-state index in [9.17, 15) is 0 Å². The van der Waals surface area contributed by atoms with E-state index in [1.54, 1.807) is 0 Å². The summed E-state index contributed by atoms with van der Waals surface area (Å²) in [5.74, 6) is 0. The van der Waals surface area contributed by atoms with Crippen LogP contribution in [0.1, 0.15) is 132 Å². The van der Waals surface area contributed by atoms with Crippen LogP contribution in [0.4, 0.5) is 34.1 Å². The number of rotatable bonds is 20. The van der Waals surface area contributed by atoms with E-state index in [0.717, 1.165) is 4.47 Å². The van der Waals surface area contributed by atoms with Crippen molar-refractivity contribution in [1.29, 1.82) is 0 Å². The number of hydrogen-bond acceptors (Lipinski definition) is 2. The number of benzene rings is 6. The summed E-state index contributed by atoms with van der Waals surface area (Å²) in [5.41, 5.74) is 16.8. The molecule has 0 heterocycles. The van der Waals surface area contributed by atoms with E-state index in [1.165, 1.54) is 163 Å². The van der Waals surface area contributed by atoms with Crippen molar-refractivity contribution in [2.45, 2.75) is 130 Å². The zero-order valence-corrected chi connectivity index (χ0v) is 38.0. The van der Waals surface area contributed by atoms with E-state index in [4.69, 9.17) is 0 Å². The molecule has 0 saturated carbocycles. The van der Waals surface area contributed by atoms with E-state index < -0.39 is 0 Å². The maximum atomic E-state index is 3.71. The summed E-state index contributed by atoms with van der Waals surface area (Å²) in [7, 11) is 0. The molecule has 7 rings (SSSR count). The van der Waals surface area contributed by atoms with Gasteiger partial charge in [0.1, 0.15) is 0 Å². The summed E-state index contributed by atoms with van der Waals surface area (Å²) in [5, 5.41) is 0. The summed E-state index contributed by atoms with van der Waals surface area (Å²) in [6.45, 7) is 11.2. The zero-order valence-electron chi connectivity index (χ0n) is 36.4. The number of fused-ring (bicyclic) bond motifs is 3. The number of unbranched alkanes of at least 4 members (excludes halogenated alkanes) is 10. The molecule has 306 valence electrons. The molecule has 0 fully saturated rings. The predicted octanol–water partition coefficient (Wildman–Crippen LogP) is 18.1. The molecular formula is C56H65BrN2. The second-order valence-electron chi connectivity index (χ2n) is 17.2. The average molecular weight is 846 g/mol. The third kappa shape index (κ3) is 9.90. The average Bonchev–Trinajstić information content (AvgIpc) is 3.51. The molecule has 0 unspecified atom stereocenters. The van der Waals surface area contributed by atoms with Crippen molar-refractivity contribution in [1.82, 2.24) is 0 Å². The first kappa shape index (κ1) is 42.5. The van der Waals surface area contributed by atoms with Crippen molar-refractivity contribution in [2.75, 3.05) is 9.80 Å². The number of hydrogen-bond donors (Lipinski definition) is 0. The van der Waals surface area contributed by atoms with Gasteiger partial charge in [-0.15, -0.1) is 0 Å². The Labute approximate surface area is 364 Å². The molecule has 3 heteroatoms. The number of nitrogens with zero attached hydrogens (tertiary/aromatic N) is 2. The van der Waals surface area contributed by atoms with Gasteiger partial charge >= 0.3 is 0 Å². The maximum absolute atomic E-state index is 3.71. The lowest BCUT2D eigenvalue weighted by molar-refractivity contribution is 0.398. The normalized spacial score (nSPS) is 12.6. The molecule has 1 aliphatic rings. The minimum absolute atomic E-state index is 0.0862. The highest BCUT2D eigenvalue weighted by molar-refractivity contribution is 9.10. The fourth-order valence-corrected chi connectivity index (χ4v) is 9.66. The summed E-state index contributed by atoms with van der Waals surface area (Å²) in [4.78, 5) is 4.93. The zero-order chi connectivity index (χ0) is 41.2. The fourth-order valence-electron chi connectivity index (χ4n) is 9.39. The van der Waals surface area contributed by atoms with Gasteiger partial charge in [-0.3, -0.25) is 0 Å². The second kappa shape index (κ2) is 20.1. The largest absolute Gasteiger partial charge is 0.310 e. The molecule has 1 aliphatic carbocycles. The van der Waals surface area contributed by atoms with Gasteiger partial charge < -0.3 is 9.80 Å². The molecule has 2 nitrogen and oxygen atoms in total. The van der Waals surface area contributed by atoms with Crippen LogP contribution >= 0.6 is 15.9 Å². The lowest BCUT2D eigenvalue weighted by atomic mass is 9.70. The standard InChI is InChI=1S/C56H65BrN2/c1-6-8-10-12-14-16-38-56(39-17-15-13-11-9-7-2)54-40-50(58(46-26-18-42(3)19-27-46)47-28-20-43(4)21-29-47)34-36-52(54)53-37-35-51(41-55(53)56)59(48-30-22-44(5)23-31-48)49-32-24-45(57)25-33-49/h18-37,40-41H,6-17,38-39H2,1-5H3. The van der Waals surface area contributed by atoms with E-state index in [2.05, 4.69) is 194 Å². The third-order valence-electron chi connectivity index (χ3n) is 12.7. The van der Waals surface area contributed by atoms with Crippen LogP contribution in [0.15, 0.2) is 138 Å². The van der Waals surface area contributed by atoms with Gasteiger partial charge in [-0.1, -0.05) is 172 Å². The highest BCUT2D eigenvalue weighted by atomic mass is 79.9. The Morgan fingerprint density at radius 1 is 0.373 bits per heavy atom. The van der Waals surface area contributed by atoms with E-state index in [0.29, 0.717) is 0 Å². The van der Waals surface area contributed by atoms with Gasteiger partial charge in [0.05, 0.1) is 0 Å². The highest BCUT2D eigenvalue weighted by Crippen LogP contribution is 2.57. The van der Waals surface area contributed by atoms with Crippen molar-refractivity contribution in [3.05, 3.63) is 166 Å². The predicted molar refractivity (Wildman–Crippen MR) is 260 cm³/mol. The van der Waals surface area contributed by atoms with E-state index >= 15 is 0 Å². The van der Waals surface area contributed by atoms with Gasteiger partial charge in [0.15, 0.2) is 0 Å². The molecule has 0 saturated heterocycles. The van der Waals surface area contributed by atoms with Gasteiger partial charge in [0, 0.05) is 44.0 Å². The number of halogens is 1. The van der Waals surface area contributed by atoms with Gasteiger partial charge in [-0.05, 0) is 141 Å². The summed E-state index contributed by atoms with van der Waals surface area (Å²) in [6, 6.07) is 50.8. The van der Waals surface area contributed by atoms with Crippen LogP contribution in [0.3, 0.4) is 0 Å². The van der Waals surface area contributed by atoms with Crippen molar-refractivity contribution < 1.29 is 0 Å². The Morgan fingerprint density at radius 2 is 0.678 bits per heavy atom. The van der Waals surface area contributed by atoms with Crippen molar-refractivity contribution in [3.8, 4) is 11.1 Å². The maximum Gasteiger partial charge on any atom is 0.0465 e. The first-order chi connectivity index (χ1) is 28.8. The monoisotopic (exact) mass is 844 g/mol. The topological polar surface area (TPSA) is 6.48 Å².